The summed E-state index contributed by atoms with van der Waals surface area (Å²) in [4.78, 5) is 35.8. The second-order valence-corrected chi connectivity index (χ2v) is 9.26. The standard InChI is InChI=1S/C29H25N3O3/c1-18-6-11-26-22(16-18)25(33)17-27(35-26)19-7-9-21(10-8-19)29(34)32-14-12-20(13-15-32)28-30-23-4-2-3-5-24(23)31-28/h2-11,16-17,20H,12-15H2,1H3,(H,30,31). The van der Waals surface area contributed by atoms with Crippen LogP contribution in [-0.4, -0.2) is 33.9 Å². The number of hydrogen-bond donors (Lipinski definition) is 1. The number of amides is 1. The molecule has 1 aliphatic rings. The summed E-state index contributed by atoms with van der Waals surface area (Å²) in [6, 6.07) is 22.4. The number of aryl methyl sites for hydroxylation is 1. The topological polar surface area (TPSA) is 79.2 Å². The molecule has 0 atom stereocenters. The van der Waals surface area contributed by atoms with Gasteiger partial charge in [-0.3, -0.25) is 9.59 Å². The van der Waals surface area contributed by atoms with Crippen molar-refractivity contribution in [3.63, 3.8) is 0 Å². The normalized spacial score (nSPS) is 14.6. The summed E-state index contributed by atoms with van der Waals surface area (Å²) in [6.45, 7) is 3.34. The van der Waals surface area contributed by atoms with Crippen molar-refractivity contribution in [3.8, 4) is 11.3 Å². The molecule has 1 saturated heterocycles. The first-order valence-electron chi connectivity index (χ1n) is 11.9. The highest BCUT2D eigenvalue weighted by Crippen LogP contribution is 2.29. The number of aromatic nitrogens is 2. The van der Waals surface area contributed by atoms with Gasteiger partial charge >= 0.3 is 0 Å². The molecule has 35 heavy (non-hydrogen) atoms. The van der Waals surface area contributed by atoms with E-state index in [4.69, 9.17) is 9.40 Å². The number of piperidine rings is 1. The fraction of sp³-hybridized carbons (Fsp3) is 0.207. The molecule has 5 aromatic rings. The fourth-order valence-corrected chi connectivity index (χ4v) is 4.89. The molecule has 6 nitrogen and oxygen atoms in total. The van der Waals surface area contributed by atoms with Gasteiger partial charge in [0.2, 0.25) is 0 Å². The van der Waals surface area contributed by atoms with Crippen LogP contribution >= 0.6 is 0 Å². The highest BCUT2D eigenvalue weighted by Gasteiger charge is 2.26. The summed E-state index contributed by atoms with van der Waals surface area (Å²) in [7, 11) is 0. The highest BCUT2D eigenvalue weighted by molar-refractivity contribution is 5.94. The van der Waals surface area contributed by atoms with E-state index in [1.54, 1.807) is 0 Å². The maximum atomic E-state index is 13.1. The molecule has 1 N–H and O–H groups in total. The van der Waals surface area contributed by atoms with Gasteiger partial charge in [0, 0.05) is 36.2 Å². The number of carbonyl (C=O) groups excluding carboxylic acids is 1. The molecule has 3 heterocycles. The Kier molecular flexibility index (Phi) is 5.21. The van der Waals surface area contributed by atoms with Crippen LogP contribution in [0.1, 0.15) is 40.5 Å². The van der Waals surface area contributed by atoms with Gasteiger partial charge in [-0.25, -0.2) is 4.98 Å². The first-order chi connectivity index (χ1) is 17.0. The van der Waals surface area contributed by atoms with Crippen LogP contribution in [0.5, 0.6) is 0 Å². The van der Waals surface area contributed by atoms with Crippen LogP contribution in [0.4, 0.5) is 0 Å². The van der Waals surface area contributed by atoms with Gasteiger partial charge in [0.1, 0.15) is 17.2 Å². The number of benzene rings is 3. The predicted octanol–water partition coefficient (Wildman–Crippen LogP) is 5.66. The van der Waals surface area contributed by atoms with Crippen molar-refractivity contribution in [3.05, 3.63) is 100.0 Å². The van der Waals surface area contributed by atoms with Crippen LogP contribution < -0.4 is 5.43 Å². The fourth-order valence-electron chi connectivity index (χ4n) is 4.89. The first kappa shape index (κ1) is 21.4. The minimum absolute atomic E-state index is 0.0232. The lowest BCUT2D eigenvalue weighted by molar-refractivity contribution is 0.0711. The van der Waals surface area contributed by atoms with Crippen LogP contribution in [0.3, 0.4) is 0 Å². The van der Waals surface area contributed by atoms with E-state index in [1.807, 2.05) is 78.6 Å². The zero-order valence-corrected chi connectivity index (χ0v) is 19.5. The third-order valence-corrected chi connectivity index (χ3v) is 6.88. The Hall–Kier alpha value is -4.19. The van der Waals surface area contributed by atoms with Crippen LogP contribution in [0.2, 0.25) is 0 Å². The van der Waals surface area contributed by atoms with E-state index in [0.717, 1.165) is 40.8 Å². The van der Waals surface area contributed by atoms with Crippen LogP contribution in [0, 0.1) is 6.92 Å². The van der Waals surface area contributed by atoms with Gasteiger partial charge in [-0.15, -0.1) is 0 Å². The van der Waals surface area contributed by atoms with Gasteiger partial charge in [0.25, 0.3) is 5.91 Å². The molecule has 6 rings (SSSR count). The maximum absolute atomic E-state index is 13.1. The van der Waals surface area contributed by atoms with Crippen molar-refractivity contribution >= 4 is 27.9 Å². The van der Waals surface area contributed by atoms with Crippen molar-refractivity contribution in [2.75, 3.05) is 13.1 Å². The summed E-state index contributed by atoms with van der Waals surface area (Å²) in [5.74, 6) is 1.86. The molecule has 0 spiro atoms. The summed E-state index contributed by atoms with van der Waals surface area (Å²) in [5, 5.41) is 0.576. The van der Waals surface area contributed by atoms with Gasteiger partial charge in [-0.1, -0.05) is 35.9 Å². The minimum Gasteiger partial charge on any atom is -0.456 e. The van der Waals surface area contributed by atoms with E-state index in [2.05, 4.69) is 4.98 Å². The maximum Gasteiger partial charge on any atom is 0.253 e. The number of carbonyl (C=O) groups is 1. The quantitative estimate of drug-likeness (QED) is 0.374. The average molecular weight is 464 g/mol. The molecule has 0 aliphatic carbocycles. The van der Waals surface area contributed by atoms with Crippen molar-refractivity contribution in [1.29, 1.82) is 0 Å². The SMILES string of the molecule is Cc1ccc2oc(-c3ccc(C(=O)N4CCC(c5nc6ccccc6[nH]5)CC4)cc3)cc(=O)c2c1. The van der Waals surface area contributed by atoms with Gasteiger partial charge in [0.05, 0.1) is 16.4 Å². The van der Waals surface area contributed by atoms with Crippen LogP contribution in [-0.2, 0) is 0 Å². The predicted molar refractivity (Wildman–Crippen MR) is 137 cm³/mol. The molecule has 1 fully saturated rings. The summed E-state index contributed by atoms with van der Waals surface area (Å²) < 4.78 is 5.97. The van der Waals surface area contributed by atoms with Crippen molar-refractivity contribution < 1.29 is 9.21 Å². The number of rotatable bonds is 3. The smallest absolute Gasteiger partial charge is 0.253 e. The second-order valence-electron chi connectivity index (χ2n) is 9.26. The number of nitrogens with zero attached hydrogens (tertiary/aromatic N) is 2. The second kappa shape index (κ2) is 8.55. The lowest BCUT2D eigenvalue weighted by Gasteiger charge is -2.31. The van der Waals surface area contributed by atoms with E-state index >= 15 is 0 Å². The Balaban J connectivity index is 1.16. The Labute approximate surface area is 202 Å². The molecular weight excluding hydrogens is 438 g/mol. The van der Waals surface area contributed by atoms with Gasteiger partial charge in [0.15, 0.2) is 5.43 Å². The molecule has 1 amide bonds. The molecule has 3 aromatic carbocycles. The number of hydrogen-bond acceptors (Lipinski definition) is 4. The molecular formula is C29H25N3O3. The molecule has 6 heteroatoms. The third kappa shape index (κ3) is 4.01. The van der Waals surface area contributed by atoms with Gasteiger partial charge in [-0.2, -0.15) is 0 Å². The lowest BCUT2D eigenvalue weighted by atomic mass is 9.95. The highest BCUT2D eigenvalue weighted by atomic mass is 16.3. The first-order valence-corrected chi connectivity index (χ1v) is 11.9. The Morgan fingerprint density at radius 1 is 1.00 bits per heavy atom. The molecule has 0 saturated carbocycles. The van der Waals surface area contributed by atoms with Crippen LogP contribution in [0.25, 0.3) is 33.3 Å². The monoisotopic (exact) mass is 463 g/mol. The minimum atomic E-state index is -0.0718. The zero-order valence-electron chi connectivity index (χ0n) is 19.5. The molecule has 0 radical (unpaired) electrons. The number of fused-ring (bicyclic) bond motifs is 2. The molecule has 1 aliphatic heterocycles. The number of aromatic amines is 1. The zero-order chi connectivity index (χ0) is 23.9. The number of H-pyrrole nitrogens is 1. The number of para-hydroxylation sites is 2. The number of nitrogens with one attached hydrogen (secondary N) is 1. The Morgan fingerprint density at radius 3 is 2.54 bits per heavy atom. The molecule has 174 valence electrons. The van der Waals surface area contributed by atoms with E-state index in [0.29, 0.717) is 41.3 Å². The third-order valence-electron chi connectivity index (χ3n) is 6.88. The van der Waals surface area contributed by atoms with Crippen molar-refractivity contribution in [1.82, 2.24) is 14.9 Å². The lowest BCUT2D eigenvalue weighted by Crippen LogP contribution is -2.38. The van der Waals surface area contributed by atoms with Crippen LogP contribution in [0.15, 0.2) is 82.0 Å². The summed E-state index contributed by atoms with van der Waals surface area (Å²) in [6.07, 6.45) is 1.76. The Morgan fingerprint density at radius 2 is 1.77 bits per heavy atom. The number of likely N-dealkylation sites (tertiary alicyclic amines) is 1. The van der Waals surface area contributed by atoms with Gasteiger partial charge < -0.3 is 14.3 Å². The molecule has 0 unspecified atom stereocenters. The summed E-state index contributed by atoms with van der Waals surface area (Å²) in [5.41, 5.74) is 4.95. The van der Waals surface area contributed by atoms with E-state index < -0.39 is 0 Å². The summed E-state index contributed by atoms with van der Waals surface area (Å²) >= 11 is 0. The van der Waals surface area contributed by atoms with E-state index in [1.165, 1.54) is 6.07 Å². The average Bonchev–Trinajstić information content (AvgIpc) is 3.33. The molecule has 0 bridgehead atoms. The largest absolute Gasteiger partial charge is 0.456 e. The number of imidazole rings is 1. The molecule has 2 aromatic heterocycles. The Bertz CT molecular complexity index is 1570. The van der Waals surface area contributed by atoms with E-state index in [9.17, 15) is 9.59 Å². The van der Waals surface area contributed by atoms with Crippen molar-refractivity contribution in [2.45, 2.75) is 25.7 Å². The van der Waals surface area contributed by atoms with Gasteiger partial charge in [-0.05, 0) is 56.2 Å². The van der Waals surface area contributed by atoms with Crippen molar-refractivity contribution in [2.24, 2.45) is 0 Å². The van der Waals surface area contributed by atoms with E-state index in [-0.39, 0.29) is 11.3 Å².